The molecule has 0 radical (unpaired) electrons. The standard InChI is InChI=1S/C16H23P/c1-9(2)12-7-6-8-13-15(12)14(10(3)4)11(5)16(13)17/h6-10,16H,17H2,1-5H3. The molecule has 2 atom stereocenters. The maximum atomic E-state index is 3.01. The average molecular weight is 246 g/mol. The van der Waals surface area contributed by atoms with Gasteiger partial charge in [-0.1, -0.05) is 51.5 Å². The number of hydrogen-bond acceptors (Lipinski definition) is 0. The fraction of sp³-hybridized carbons (Fsp3) is 0.500. The minimum absolute atomic E-state index is 0.515. The Morgan fingerprint density at radius 3 is 2.24 bits per heavy atom. The lowest BCUT2D eigenvalue weighted by Crippen LogP contribution is -2.00. The fourth-order valence-electron chi connectivity index (χ4n) is 2.98. The molecule has 0 heterocycles. The van der Waals surface area contributed by atoms with E-state index in [1.165, 1.54) is 22.3 Å². The van der Waals surface area contributed by atoms with Gasteiger partial charge in [0.05, 0.1) is 0 Å². The summed E-state index contributed by atoms with van der Waals surface area (Å²) in [6.07, 6.45) is 0. The minimum Gasteiger partial charge on any atom is -0.125 e. The van der Waals surface area contributed by atoms with Crippen LogP contribution in [0.1, 0.15) is 62.9 Å². The summed E-state index contributed by atoms with van der Waals surface area (Å²) < 4.78 is 0. The highest BCUT2D eigenvalue weighted by molar-refractivity contribution is 7.17. The molecule has 1 aromatic carbocycles. The molecule has 1 aliphatic rings. The molecule has 2 unspecified atom stereocenters. The second-order valence-electron chi connectivity index (χ2n) is 5.70. The van der Waals surface area contributed by atoms with Crippen LogP contribution in [-0.4, -0.2) is 0 Å². The van der Waals surface area contributed by atoms with Gasteiger partial charge >= 0.3 is 0 Å². The van der Waals surface area contributed by atoms with Gasteiger partial charge in [-0.25, -0.2) is 0 Å². The molecule has 0 spiro atoms. The first-order chi connectivity index (χ1) is 7.95. The van der Waals surface area contributed by atoms with Crippen molar-refractivity contribution in [3.8, 4) is 0 Å². The Bertz CT molecular complexity index is 466. The molecular weight excluding hydrogens is 223 g/mol. The Labute approximate surface area is 108 Å². The van der Waals surface area contributed by atoms with E-state index in [2.05, 4.69) is 62.1 Å². The van der Waals surface area contributed by atoms with Gasteiger partial charge in [0, 0.05) is 5.66 Å². The molecular formula is C16H23P. The molecule has 0 saturated carbocycles. The summed E-state index contributed by atoms with van der Waals surface area (Å²) in [5.41, 5.74) is 8.17. The number of rotatable bonds is 2. The van der Waals surface area contributed by atoms with E-state index in [-0.39, 0.29) is 0 Å². The van der Waals surface area contributed by atoms with Gasteiger partial charge in [-0.05, 0) is 41.0 Å². The lowest BCUT2D eigenvalue weighted by atomic mass is 9.87. The lowest BCUT2D eigenvalue weighted by molar-refractivity contribution is 0.829. The Morgan fingerprint density at radius 2 is 1.71 bits per heavy atom. The first-order valence-electron chi connectivity index (χ1n) is 6.54. The van der Waals surface area contributed by atoms with Crippen molar-refractivity contribution >= 4 is 14.8 Å². The summed E-state index contributed by atoms with van der Waals surface area (Å²) in [4.78, 5) is 0. The van der Waals surface area contributed by atoms with Crippen molar-refractivity contribution in [2.45, 2.75) is 46.2 Å². The van der Waals surface area contributed by atoms with E-state index in [0.717, 1.165) is 0 Å². The molecule has 0 amide bonds. The van der Waals surface area contributed by atoms with Crippen LogP contribution in [0.4, 0.5) is 0 Å². The van der Waals surface area contributed by atoms with Crippen molar-refractivity contribution in [2.24, 2.45) is 5.92 Å². The third-order valence-corrected chi connectivity index (χ3v) is 4.68. The van der Waals surface area contributed by atoms with Crippen LogP contribution in [0, 0.1) is 5.92 Å². The Balaban J connectivity index is 2.70. The molecule has 0 nitrogen and oxygen atoms in total. The van der Waals surface area contributed by atoms with E-state index in [1.807, 2.05) is 0 Å². The second kappa shape index (κ2) is 4.58. The van der Waals surface area contributed by atoms with E-state index in [9.17, 15) is 0 Å². The van der Waals surface area contributed by atoms with Crippen LogP contribution in [-0.2, 0) is 0 Å². The Kier molecular flexibility index (Phi) is 3.46. The first kappa shape index (κ1) is 12.8. The summed E-state index contributed by atoms with van der Waals surface area (Å²) >= 11 is 0. The number of benzene rings is 1. The van der Waals surface area contributed by atoms with Crippen molar-refractivity contribution in [3.05, 3.63) is 40.5 Å². The smallest absolute Gasteiger partial charge is 0.0202 e. The van der Waals surface area contributed by atoms with Crippen LogP contribution in [0.15, 0.2) is 23.8 Å². The van der Waals surface area contributed by atoms with Crippen molar-refractivity contribution in [1.29, 1.82) is 0 Å². The summed E-state index contributed by atoms with van der Waals surface area (Å²) in [6, 6.07) is 6.79. The van der Waals surface area contributed by atoms with Crippen molar-refractivity contribution in [2.75, 3.05) is 0 Å². The topological polar surface area (TPSA) is 0 Å². The molecule has 92 valence electrons. The van der Waals surface area contributed by atoms with E-state index in [4.69, 9.17) is 0 Å². The highest BCUT2D eigenvalue weighted by Gasteiger charge is 2.29. The zero-order valence-electron chi connectivity index (χ0n) is 11.5. The molecule has 0 saturated heterocycles. The zero-order chi connectivity index (χ0) is 12.7. The summed E-state index contributed by atoms with van der Waals surface area (Å²) in [5, 5.41) is 0. The molecule has 17 heavy (non-hydrogen) atoms. The quantitative estimate of drug-likeness (QED) is 0.631. The average Bonchev–Trinajstić information content (AvgIpc) is 2.51. The molecule has 0 bridgehead atoms. The molecule has 0 fully saturated rings. The summed E-state index contributed by atoms with van der Waals surface area (Å²) in [5.74, 6) is 1.21. The minimum atomic E-state index is 0.515. The second-order valence-corrected chi connectivity index (χ2v) is 6.36. The number of fused-ring (bicyclic) bond motifs is 1. The van der Waals surface area contributed by atoms with Crippen LogP contribution in [0.25, 0.3) is 5.57 Å². The van der Waals surface area contributed by atoms with Gasteiger partial charge in [-0.2, -0.15) is 0 Å². The van der Waals surface area contributed by atoms with Crippen LogP contribution >= 0.6 is 9.24 Å². The van der Waals surface area contributed by atoms with Gasteiger partial charge < -0.3 is 0 Å². The third-order valence-electron chi connectivity index (χ3n) is 3.82. The molecule has 1 aromatic rings. The largest absolute Gasteiger partial charge is 0.125 e. The first-order valence-corrected chi connectivity index (χ1v) is 7.21. The van der Waals surface area contributed by atoms with Crippen LogP contribution in [0.5, 0.6) is 0 Å². The predicted octanol–water partition coefficient (Wildman–Crippen LogP) is 5.17. The normalized spacial score (nSPS) is 19.4. The predicted molar refractivity (Wildman–Crippen MR) is 80.4 cm³/mol. The van der Waals surface area contributed by atoms with E-state index in [0.29, 0.717) is 17.5 Å². The Hall–Kier alpha value is -0.610. The number of allylic oxidation sites excluding steroid dienone is 2. The highest BCUT2D eigenvalue weighted by Crippen LogP contribution is 2.50. The fourth-order valence-corrected chi connectivity index (χ4v) is 3.44. The van der Waals surface area contributed by atoms with E-state index in [1.54, 1.807) is 5.57 Å². The molecule has 1 aliphatic carbocycles. The monoisotopic (exact) mass is 246 g/mol. The summed E-state index contributed by atoms with van der Waals surface area (Å²) in [7, 11) is 3.01. The molecule has 1 heteroatoms. The van der Waals surface area contributed by atoms with Gasteiger partial charge in [0.25, 0.3) is 0 Å². The van der Waals surface area contributed by atoms with Gasteiger partial charge in [0.2, 0.25) is 0 Å². The van der Waals surface area contributed by atoms with Gasteiger partial charge in [-0.3, -0.25) is 0 Å². The van der Waals surface area contributed by atoms with Crippen LogP contribution in [0.3, 0.4) is 0 Å². The number of hydrogen-bond donors (Lipinski definition) is 0. The van der Waals surface area contributed by atoms with Crippen molar-refractivity contribution in [3.63, 3.8) is 0 Å². The van der Waals surface area contributed by atoms with Gasteiger partial charge in [-0.15, -0.1) is 9.24 Å². The Morgan fingerprint density at radius 1 is 1.06 bits per heavy atom. The van der Waals surface area contributed by atoms with E-state index < -0.39 is 0 Å². The summed E-state index contributed by atoms with van der Waals surface area (Å²) in [6.45, 7) is 11.5. The van der Waals surface area contributed by atoms with Crippen LogP contribution < -0.4 is 0 Å². The van der Waals surface area contributed by atoms with Gasteiger partial charge in [0.15, 0.2) is 0 Å². The van der Waals surface area contributed by atoms with Crippen molar-refractivity contribution in [1.82, 2.24) is 0 Å². The van der Waals surface area contributed by atoms with E-state index >= 15 is 0 Å². The third kappa shape index (κ3) is 1.97. The van der Waals surface area contributed by atoms with Gasteiger partial charge in [0.1, 0.15) is 0 Å². The zero-order valence-corrected chi connectivity index (χ0v) is 12.7. The van der Waals surface area contributed by atoms with Crippen LogP contribution in [0.2, 0.25) is 0 Å². The van der Waals surface area contributed by atoms with Crippen molar-refractivity contribution < 1.29 is 0 Å². The molecule has 0 aromatic heterocycles. The molecule has 2 rings (SSSR count). The molecule has 0 N–H and O–H groups in total. The SMILES string of the molecule is CC1=C(C(C)C)c2c(C(C)C)cccc2C1P. The highest BCUT2D eigenvalue weighted by atomic mass is 31.0. The lowest BCUT2D eigenvalue weighted by Gasteiger charge is -2.17. The maximum Gasteiger partial charge on any atom is 0.0202 e. The maximum absolute atomic E-state index is 3.01. The molecule has 0 aliphatic heterocycles.